The van der Waals surface area contributed by atoms with E-state index in [0.29, 0.717) is 10.7 Å². The molecule has 1 N–H and O–H groups in total. The van der Waals surface area contributed by atoms with Gasteiger partial charge in [-0.25, -0.2) is 8.42 Å². The minimum absolute atomic E-state index is 0.0898. The van der Waals surface area contributed by atoms with Crippen molar-refractivity contribution in [3.05, 3.63) is 65.2 Å². The zero-order chi connectivity index (χ0) is 25.5. The van der Waals surface area contributed by atoms with Crippen molar-refractivity contribution in [1.82, 2.24) is 10.2 Å². The summed E-state index contributed by atoms with van der Waals surface area (Å²) >= 11 is 6.03. The normalized spacial score (nSPS) is 12.6. The highest BCUT2D eigenvalue weighted by Gasteiger charge is 2.28. The van der Waals surface area contributed by atoms with E-state index in [0.717, 1.165) is 11.8 Å². The molecule has 2 amide bonds. The molecule has 2 aromatic rings. The smallest absolute Gasteiger partial charge is 0.242 e. The zero-order valence-corrected chi connectivity index (χ0v) is 22.0. The lowest BCUT2D eigenvalue weighted by Gasteiger charge is -2.32. The number of amides is 2. The summed E-state index contributed by atoms with van der Waals surface area (Å²) in [5, 5.41) is 3.35. The number of hydrogen-bond acceptors (Lipinski definition) is 4. The zero-order valence-electron chi connectivity index (χ0n) is 20.4. The molecule has 0 saturated carbocycles. The molecule has 1 atom stereocenters. The Labute approximate surface area is 208 Å². The maximum Gasteiger partial charge on any atom is 0.242 e. The van der Waals surface area contributed by atoms with Crippen LogP contribution in [0.25, 0.3) is 0 Å². The number of carbonyl (C=O) groups excluding carboxylic acids is 2. The average molecular weight is 508 g/mol. The van der Waals surface area contributed by atoms with Crippen molar-refractivity contribution in [2.45, 2.75) is 58.7 Å². The van der Waals surface area contributed by atoms with Gasteiger partial charge in [0.1, 0.15) is 6.04 Å². The van der Waals surface area contributed by atoms with Gasteiger partial charge < -0.3 is 10.2 Å². The van der Waals surface area contributed by atoms with E-state index < -0.39 is 21.6 Å². The quantitative estimate of drug-likeness (QED) is 0.521. The van der Waals surface area contributed by atoms with Crippen molar-refractivity contribution < 1.29 is 18.0 Å². The first-order valence-corrected chi connectivity index (χ1v) is 13.4. The van der Waals surface area contributed by atoms with E-state index in [1.54, 1.807) is 36.1 Å². The van der Waals surface area contributed by atoms with E-state index in [4.69, 9.17) is 11.6 Å². The van der Waals surface area contributed by atoms with Crippen molar-refractivity contribution in [3.8, 4) is 0 Å². The number of nitrogens with one attached hydrogen (secondary N) is 1. The summed E-state index contributed by atoms with van der Waals surface area (Å²) in [4.78, 5) is 27.6. The Bertz CT molecular complexity index is 1080. The van der Waals surface area contributed by atoms with E-state index in [1.807, 2.05) is 51.1 Å². The second-order valence-corrected chi connectivity index (χ2v) is 11.7. The number of rotatable bonds is 10. The second-order valence-electron chi connectivity index (χ2n) is 9.34. The third-order valence-corrected chi connectivity index (χ3v) is 6.54. The molecule has 0 saturated heterocycles. The molecule has 7 nitrogen and oxygen atoms in total. The average Bonchev–Trinajstić information content (AvgIpc) is 2.73. The monoisotopic (exact) mass is 507 g/mol. The highest BCUT2D eigenvalue weighted by atomic mass is 35.5. The molecule has 9 heteroatoms. The first kappa shape index (κ1) is 27.7. The molecular formula is C25H34ClN3O4S. The van der Waals surface area contributed by atoms with Gasteiger partial charge in [-0.2, -0.15) is 0 Å². The second kappa shape index (κ2) is 11.7. The third kappa shape index (κ3) is 8.65. The fourth-order valence-electron chi connectivity index (χ4n) is 3.47. The van der Waals surface area contributed by atoms with Crippen molar-refractivity contribution in [3.63, 3.8) is 0 Å². The van der Waals surface area contributed by atoms with Crippen LogP contribution in [0, 0.1) is 0 Å². The Balaban J connectivity index is 2.16. The number of hydrogen-bond donors (Lipinski definition) is 1. The van der Waals surface area contributed by atoms with Gasteiger partial charge >= 0.3 is 0 Å². The molecule has 0 bridgehead atoms. The summed E-state index contributed by atoms with van der Waals surface area (Å²) in [7, 11) is -3.57. The lowest BCUT2D eigenvalue weighted by atomic mass is 10.1. The summed E-state index contributed by atoms with van der Waals surface area (Å²) in [6.07, 6.45) is 1.50. The molecule has 34 heavy (non-hydrogen) atoms. The fraction of sp³-hybridized carbons (Fsp3) is 0.440. The standard InChI is InChI=1S/C25H34ClN3O4S/c1-19(24(31)27-25(2,3)4)28(18-20-11-7-6-8-12-20)23(30)15-10-16-29(34(5,32)33)22-14-9-13-21(26)17-22/h6-9,11-14,17,19H,10,15-16,18H2,1-5H3,(H,27,31). The number of nitrogens with zero attached hydrogens (tertiary/aromatic N) is 2. The summed E-state index contributed by atoms with van der Waals surface area (Å²) in [5.41, 5.74) is 0.921. The van der Waals surface area contributed by atoms with Crippen LogP contribution < -0.4 is 9.62 Å². The minimum atomic E-state index is -3.57. The Hall–Kier alpha value is -2.58. The van der Waals surface area contributed by atoms with Gasteiger partial charge in [0.25, 0.3) is 0 Å². The van der Waals surface area contributed by atoms with Crippen LogP contribution in [0.15, 0.2) is 54.6 Å². The van der Waals surface area contributed by atoms with Crippen LogP contribution in [0.3, 0.4) is 0 Å². The number of benzene rings is 2. The molecule has 2 rings (SSSR count). The Kier molecular flexibility index (Phi) is 9.53. The lowest BCUT2D eigenvalue weighted by molar-refractivity contribution is -0.141. The topological polar surface area (TPSA) is 86.8 Å². The number of carbonyl (C=O) groups is 2. The Morgan fingerprint density at radius 3 is 2.26 bits per heavy atom. The Morgan fingerprint density at radius 2 is 1.71 bits per heavy atom. The maximum absolute atomic E-state index is 13.2. The van der Waals surface area contributed by atoms with Crippen LogP contribution in [0.5, 0.6) is 0 Å². The van der Waals surface area contributed by atoms with Crippen LogP contribution in [-0.4, -0.2) is 49.5 Å². The highest BCUT2D eigenvalue weighted by Crippen LogP contribution is 2.22. The molecule has 0 aliphatic carbocycles. The summed E-state index contributed by atoms with van der Waals surface area (Å²) in [6.45, 7) is 7.76. The van der Waals surface area contributed by atoms with Gasteiger partial charge in [0.05, 0.1) is 11.9 Å². The van der Waals surface area contributed by atoms with E-state index in [1.165, 1.54) is 4.31 Å². The van der Waals surface area contributed by atoms with Gasteiger partial charge in [0.15, 0.2) is 0 Å². The minimum Gasteiger partial charge on any atom is -0.350 e. The van der Waals surface area contributed by atoms with Crippen LogP contribution >= 0.6 is 11.6 Å². The van der Waals surface area contributed by atoms with E-state index in [2.05, 4.69) is 5.32 Å². The molecule has 0 fully saturated rings. The van der Waals surface area contributed by atoms with Gasteiger partial charge in [0.2, 0.25) is 21.8 Å². The SMILES string of the molecule is CC(C(=O)NC(C)(C)C)N(Cc1ccccc1)C(=O)CCCN(c1cccc(Cl)c1)S(C)(=O)=O. The van der Waals surface area contributed by atoms with Gasteiger partial charge in [-0.1, -0.05) is 48.0 Å². The van der Waals surface area contributed by atoms with Crippen LogP contribution in [-0.2, 0) is 26.2 Å². The number of sulfonamides is 1. The summed E-state index contributed by atoms with van der Waals surface area (Å²) in [6, 6.07) is 15.4. The molecular weight excluding hydrogens is 474 g/mol. The largest absolute Gasteiger partial charge is 0.350 e. The van der Waals surface area contributed by atoms with Gasteiger partial charge in [-0.15, -0.1) is 0 Å². The van der Waals surface area contributed by atoms with E-state index in [-0.39, 0.29) is 37.7 Å². The highest BCUT2D eigenvalue weighted by molar-refractivity contribution is 7.92. The molecule has 186 valence electrons. The van der Waals surface area contributed by atoms with Gasteiger partial charge in [-0.3, -0.25) is 13.9 Å². The Morgan fingerprint density at radius 1 is 1.06 bits per heavy atom. The van der Waals surface area contributed by atoms with Gasteiger partial charge in [-0.05, 0) is 57.9 Å². The van der Waals surface area contributed by atoms with Crippen LogP contribution in [0.1, 0.15) is 46.1 Å². The molecule has 0 aliphatic heterocycles. The molecule has 0 heterocycles. The van der Waals surface area contributed by atoms with E-state index >= 15 is 0 Å². The van der Waals surface area contributed by atoms with E-state index in [9.17, 15) is 18.0 Å². The predicted molar refractivity (Wildman–Crippen MR) is 137 cm³/mol. The fourth-order valence-corrected chi connectivity index (χ4v) is 4.61. The molecule has 2 aromatic carbocycles. The number of anilines is 1. The maximum atomic E-state index is 13.2. The number of halogens is 1. The molecule has 1 unspecified atom stereocenters. The molecule has 0 spiro atoms. The molecule has 0 aliphatic rings. The van der Waals surface area contributed by atoms with Crippen molar-refractivity contribution >= 4 is 39.1 Å². The predicted octanol–water partition coefficient (Wildman–Crippen LogP) is 4.22. The van der Waals surface area contributed by atoms with Crippen molar-refractivity contribution in [2.75, 3.05) is 17.1 Å². The van der Waals surface area contributed by atoms with Crippen molar-refractivity contribution in [2.24, 2.45) is 0 Å². The summed E-state index contributed by atoms with van der Waals surface area (Å²) in [5.74, 6) is -0.464. The summed E-state index contributed by atoms with van der Waals surface area (Å²) < 4.78 is 26.0. The first-order chi connectivity index (χ1) is 15.8. The molecule has 0 radical (unpaired) electrons. The van der Waals surface area contributed by atoms with Gasteiger partial charge in [0, 0.05) is 30.1 Å². The van der Waals surface area contributed by atoms with Crippen LogP contribution in [0.2, 0.25) is 5.02 Å². The lowest BCUT2D eigenvalue weighted by Crippen LogP contribution is -2.52. The first-order valence-electron chi connectivity index (χ1n) is 11.2. The van der Waals surface area contributed by atoms with Crippen LogP contribution in [0.4, 0.5) is 5.69 Å². The third-order valence-electron chi connectivity index (χ3n) is 5.11. The van der Waals surface area contributed by atoms with Crippen molar-refractivity contribution in [1.29, 1.82) is 0 Å². The molecule has 0 aromatic heterocycles.